The molecule has 0 radical (unpaired) electrons. The number of hydrogen-bond donors (Lipinski definition) is 1. The van der Waals surface area contributed by atoms with E-state index in [9.17, 15) is 14.4 Å². The summed E-state index contributed by atoms with van der Waals surface area (Å²) in [6.07, 6.45) is 0.910. The van der Waals surface area contributed by atoms with Gasteiger partial charge in [0.25, 0.3) is 0 Å². The predicted molar refractivity (Wildman–Crippen MR) is 139 cm³/mol. The smallest absolute Gasteiger partial charge is 0.308 e. The number of esters is 1. The third-order valence-electron chi connectivity index (χ3n) is 6.60. The molecule has 2 aliphatic rings. The summed E-state index contributed by atoms with van der Waals surface area (Å²) in [5.41, 5.74) is 4.49. The fourth-order valence-electron chi connectivity index (χ4n) is 5.14. The van der Waals surface area contributed by atoms with Crippen LogP contribution in [-0.2, 0) is 14.4 Å². The Bertz CT molecular complexity index is 1400. The molecule has 0 bridgehead atoms. The van der Waals surface area contributed by atoms with E-state index in [4.69, 9.17) is 16.3 Å². The first kappa shape index (κ1) is 23.8. The molecule has 5 rings (SSSR count). The maximum atomic E-state index is 13.9. The molecule has 6 nitrogen and oxygen atoms in total. The second kappa shape index (κ2) is 9.63. The van der Waals surface area contributed by atoms with Crippen LogP contribution in [0.5, 0.6) is 5.75 Å². The molecule has 1 N–H and O–H groups in total. The number of benzene rings is 3. The number of nitrogens with one attached hydrogen (secondary N) is 1. The summed E-state index contributed by atoms with van der Waals surface area (Å²) in [6, 6.07) is 21.5. The van der Waals surface area contributed by atoms with Crippen LogP contribution in [0.4, 0.5) is 11.4 Å². The van der Waals surface area contributed by atoms with Gasteiger partial charge in [-0.1, -0.05) is 48.0 Å². The molecule has 1 aliphatic heterocycles. The van der Waals surface area contributed by atoms with Crippen molar-refractivity contribution in [3.63, 3.8) is 0 Å². The zero-order chi connectivity index (χ0) is 25.4. The number of halogens is 1. The van der Waals surface area contributed by atoms with Crippen LogP contribution >= 0.6 is 11.6 Å². The molecule has 1 amide bonds. The van der Waals surface area contributed by atoms with Crippen LogP contribution < -0.4 is 15.0 Å². The number of anilines is 2. The van der Waals surface area contributed by atoms with E-state index < -0.39 is 12.0 Å². The van der Waals surface area contributed by atoms with E-state index in [2.05, 4.69) is 5.32 Å². The molecule has 1 aliphatic carbocycles. The Labute approximate surface area is 214 Å². The Kier molecular flexibility index (Phi) is 6.37. The van der Waals surface area contributed by atoms with Gasteiger partial charge < -0.3 is 10.1 Å². The van der Waals surface area contributed by atoms with Gasteiger partial charge >= 0.3 is 5.97 Å². The Hall–Kier alpha value is -3.90. The van der Waals surface area contributed by atoms with Gasteiger partial charge in [0.1, 0.15) is 5.75 Å². The fourth-order valence-corrected chi connectivity index (χ4v) is 5.26. The molecule has 0 fully saturated rings. The van der Waals surface area contributed by atoms with Crippen LogP contribution in [-0.4, -0.2) is 17.7 Å². The largest absolute Gasteiger partial charge is 0.427 e. The summed E-state index contributed by atoms with van der Waals surface area (Å²) in [7, 11) is 0. The minimum Gasteiger partial charge on any atom is -0.427 e. The molecule has 1 heterocycles. The summed E-state index contributed by atoms with van der Waals surface area (Å²) in [5.74, 6) is -0.342. The fraction of sp³-hybridized carbons (Fsp3) is 0.207. The third-order valence-corrected chi connectivity index (χ3v) is 6.86. The molecule has 182 valence electrons. The summed E-state index contributed by atoms with van der Waals surface area (Å²) in [4.78, 5) is 40.2. The van der Waals surface area contributed by atoms with Crippen molar-refractivity contribution >= 4 is 40.6 Å². The van der Waals surface area contributed by atoms with Crippen LogP contribution in [0, 0.1) is 0 Å². The Balaban J connectivity index is 1.68. The summed E-state index contributed by atoms with van der Waals surface area (Å²) >= 11 is 6.09. The zero-order valence-electron chi connectivity index (χ0n) is 20.0. The molecule has 0 saturated heterocycles. The van der Waals surface area contributed by atoms with Gasteiger partial charge in [-0.2, -0.15) is 0 Å². The van der Waals surface area contributed by atoms with Crippen LogP contribution in [0.1, 0.15) is 49.8 Å². The molecule has 3 aromatic carbocycles. The van der Waals surface area contributed by atoms with Gasteiger partial charge in [-0.15, -0.1) is 0 Å². The molecule has 0 spiro atoms. The van der Waals surface area contributed by atoms with E-state index in [0.717, 1.165) is 16.9 Å². The van der Waals surface area contributed by atoms with Crippen molar-refractivity contribution in [2.75, 3.05) is 10.2 Å². The van der Waals surface area contributed by atoms with Gasteiger partial charge in [0.05, 0.1) is 17.4 Å². The highest BCUT2D eigenvalue weighted by atomic mass is 35.5. The molecule has 7 heteroatoms. The number of allylic oxidation sites excluding steroid dienone is 1. The minimum absolute atomic E-state index is 0.0231. The van der Waals surface area contributed by atoms with E-state index in [1.807, 2.05) is 54.6 Å². The lowest BCUT2D eigenvalue weighted by molar-refractivity contribution is -0.132. The number of para-hydroxylation sites is 2. The van der Waals surface area contributed by atoms with Crippen LogP contribution in [0.25, 0.3) is 0 Å². The van der Waals surface area contributed by atoms with Crippen molar-refractivity contribution < 1.29 is 19.1 Å². The zero-order valence-corrected chi connectivity index (χ0v) is 20.7. The highest BCUT2D eigenvalue weighted by Gasteiger charge is 2.40. The Morgan fingerprint density at radius 2 is 1.69 bits per heavy atom. The van der Waals surface area contributed by atoms with Crippen LogP contribution in [0.15, 0.2) is 84.1 Å². The van der Waals surface area contributed by atoms with Gasteiger partial charge in [0.15, 0.2) is 5.78 Å². The second-order valence-electron chi connectivity index (χ2n) is 9.07. The van der Waals surface area contributed by atoms with E-state index >= 15 is 0 Å². The molecule has 2 atom stereocenters. The van der Waals surface area contributed by atoms with E-state index in [-0.39, 0.29) is 17.6 Å². The maximum Gasteiger partial charge on any atom is 0.308 e. The third kappa shape index (κ3) is 4.52. The summed E-state index contributed by atoms with van der Waals surface area (Å²) < 4.78 is 5.32. The highest BCUT2D eigenvalue weighted by molar-refractivity contribution is 6.30. The molecule has 0 unspecified atom stereocenters. The lowest BCUT2D eigenvalue weighted by atomic mass is 9.78. The number of carbonyl (C=O) groups excluding carboxylic acids is 3. The quantitative estimate of drug-likeness (QED) is 0.343. The first-order valence-corrected chi connectivity index (χ1v) is 12.2. The van der Waals surface area contributed by atoms with Crippen molar-refractivity contribution in [1.29, 1.82) is 0 Å². The van der Waals surface area contributed by atoms with Crippen LogP contribution in [0.3, 0.4) is 0 Å². The number of ketones is 1. The summed E-state index contributed by atoms with van der Waals surface area (Å²) in [6.45, 7) is 2.83. The average molecular weight is 501 g/mol. The number of ether oxygens (including phenoxy) is 1. The number of carbonyl (C=O) groups is 3. The van der Waals surface area contributed by atoms with Crippen molar-refractivity contribution in [3.8, 4) is 5.75 Å². The van der Waals surface area contributed by atoms with E-state index in [1.165, 1.54) is 13.8 Å². The summed E-state index contributed by atoms with van der Waals surface area (Å²) in [5, 5.41) is 4.13. The number of hydrogen-bond acceptors (Lipinski definition) is 5. The van der Waals surface area contributed by atoms with Gasteiger partial charge in [0, 0.05) is 36.6 Å². The molecular formula is C29H25ClN2O4. The first-order valence-electron chi connectivity index (χ1n) is 11.8. The van der Waals surface area contributed by atoms with Gasteiger partial charge in [-0.3, -0.25) is 19.3 Å². The number of fused-ring (bicyclic) bond motifs is 1. The number of nitrogens with zero attached hydrogens (tertiary/aromatic N) is 1. The Morgan fingerprint density at radius 1 is 0.944 bits per heavy atom. The SMILES string of the molecule is CC(=O)Oc1cccc([C@@H]2C3=C(C[C@H](c4ccc(Cl)cc4)CC3=O)Nc3ccccc3N2C(C)=O)c1. The molecule has 3 aromatic rings. The molecule has 0 aromatic heterocycles. The monoisotopic (exact) mass is 500 g/mol. The topological polar surface area (TPSA) is 75.7 Å². The lowest BCUT2D eigenvalue weighted by Crippen LogP contribution is -2.37. The molecular weight excluding hydrogens is 476 g/mol. The van der Waals surface area contributed by atoms with E-state index in [1.54, 1.807) is 23.1 Å². The van der Waals surface area contributed by atoms with Gasteiger partial charge in [-0.25, -0.2) is 0 Å². The van der Waals surface area contributed by atoms with Crippen molar-refractivity contribution in [1.82, 2.24) is 0 Å². The second-order valence-corrected chi connectivity index (χ2v) is 9.51. The number of amides is 1. The normalized spacial score (nSPS) is 19.1. The number of rotatable bonds is 3. The van der Waals surface area contributed by atoms with Crippen molar-refractivity contribution in [2.24, 2.45) is 0 Å². The number of Topliss-reactive ketones (excluding diaryl/α,β-unsaturated/α-hetero) is 1. The van der Waals surface area contributed by atoms with Crippen molar-refractivity contribution in [3.05, 3.63) is 100 Å². The van der Waals surface area contributed by atoms with Crippen molar-refractivity contribution in [2.45, 2.75) is 38.6 Å². The standard InChI is InChI=1S/C29H25ClN2O4/c1-17(33)32-26-9-4-3-8-24(26)31-25-15-21(19-10-12-22(30)13-11-19)16-27(35)28(25)29(32)20-6-5-7-23(14-20)36-18(2)34/h3-14,21,29,31H,15-16H2,1-2H3/t21-,29+/m0/s1. The van der Waals surface area contributed by atoms with Gasteiger partial charge in [-0.05, 0) is 59.9 Å². The average Bonchev–Trinajstić information content (AvgIpc) is 2.99. The Morgan fingerprint density at radius 3 is 2.42 bits per heavy atom. The lowest BCUT2D eigenvalue weighted by Gasteiger charge is -2.34. The van der Waals surface area contributed by atoms with E-state index in [0.29, 0.717) is 40.4 Å². The maximum absolute atomic E-state index is 13.9. The van der Waals surface area contributed by atoms with Gasteiger partial charge in [0.2, 0.25) is 5.91 Å². The molecule has 0 saturated carbocycles. The first-order chi connectivity index (χ1) is 17.3. The predicted octanol–water partition coefficient (Wildman–Crippen LogP) is 6.19. The molecule has 36 heavy (non-hydrogen) atoms. The minimum atomic E-state index is -0.678. The van der Waals surface area contributed by atoms with Crippen LogP contribution in [0.2, 0.25) is 5.02 Å². The highest BCUT2D eigenvalue weighted by Crippen LogP contribution is 2.47.